The van der Waals surface area contributed by atoms with Crippen molar-refractivity contribution in [3.8, 4) is 0 Å². The van der Waals surface area contributed by atoms with E-state index in [0.29, 0.717) is 12.2 Å². The fourth-order valence-electron chi connectivity index (χ4n) is 0.675. The number of alkyl carbamates (subject to hydrolysis) is 1. The van der Waals surface area contributed by atoms with Crippen LogP contribution in [-0.2, 0) is 15.5 Å². The van der Waals surface area contributed by atoms with Crippen molar-refractivity contribution in [1.29, 1.82) is 0 Å². The predicted molar refractivity (Wildman–Crippen MR) is 48.6 cm³/mol. The molecule has 0 aromatic carbocycles. The summed E-state index contributed by atoms with van der Waals surface area (Å²) in [6, 6.07) is 0.0151. The molecule has 1 amide bonds. The molecule has 0 heterocycles. The summed E-state index contributed by atoms with van der Waals surface area (Å²) in [5.41, 5.74) is 0. The molecule has 0 radical (unpaired) electrons. The average Bonchev–Trinajstić information content (AvgIpc) is 2.00. The summed E-state index contributed by atoms with van der Waals surface area (Å²) in [7, 11) is 0.524. The van der Waals surface area contributed by atoms with Crippen LogP contribution in [0.25, 0.3) is 0 Å². The summed E-state index contributed by atoms with van der Waals surface area (Å²) >= 11 is 0. The van der Waals surface area contributed by atoms with Gasteiger partial charge in [-0.2, -0.15) is 0 Å². The lowest BCUT2D eigenvalue weighted by molar-refractivity contribution is 0.167. The molecule has 0 fully saturated rings. The summed E-state index contributed by atoms with van der Waals surface area (Å²) in [4.78, 5) is 10.7. The van der Waals surface area contributed by atoms with Crippen LogP contribution in [-0.4, -0.2) is 35.5 Å². The van der Waals surface area contributed by atoms with E-state index in [1.807, 2.05) is 6.92 Å². The Hall–Kier alpha value is -0.580. The largest absolute Gasteiger partial charge is 0.453 e. The highest BCUT2D eigenvalue weighted by Gasteiger charge is 2.06. The molecule has 5 heteroatoms. The van der Waals surface area contributed by atoms with Crippen LogP contribution < -0.4 is 5.32 Å². The van der Waals surface area contributed by atoms with E-state index in [2.05, 4.69) is 10.1 Å². The van der Waals surface area contributed by atoms with Gasteiger partial charge < -0.3 is 10.1 Å². The van der Waals surface area contributed by atoms with Crippen LogP contribution in [0.1, 0.15) is 13.3 Å². The second-order valence-electron chi connectivity index (χ2n) is 2.60. The highest BCUT2D eigenvalue weighted by atomic mass is 32.2. The van der Waals surface area contributed by atoms with Crippen LogP contribution in [0.4, 0.5) is 4.79 Å². The maximum absolute atomic E-state index is 10.7. The van der Waals surface area contributed by atoms with E-state index >= 15 is 0 Å². The topological polar surface area (TPSA) is 55.4 Å². The molecule has 4 nitrogen and oxygen atoms in total. The first-order chi connectivity index (χ1) is 5.56. The molecule has 0 aromatic heterocycles. The molecule has 72 valence electrons. The standard InChI is InChI=1S/C7H15NO3S/c1-6(4-5-12(3)10)8-7(9)11-2/h6H,4-5H2,1-3H3,(H,8,9). The summed E-state index contributed by atoms with van der Waals surface area (Å²) < 4.78 is 15.1. The Morgan fingerprint density at radius 3 is 2.67 bits per heavy atom. The average molecular weight is 193 g/mol. The van der Waals surface area contributed by atoms with Gasteiger partial charge in [0.15, 0.2) is 0 Å². The van der Waals surface area contributed by atoms with E-state index in [9.17, 15) is 9.00 Å². The van der Waals surface area contributed by atoms with Gasteiger partial charge in [-0.3, -0.25) is 4.21 Å². The highest BCUT2D eigenvalue weighted by molar-refractivity contribution is 7.84. The Balaban J connectivity index is 3.52. The summed E-state index contributed by atoms with van der Waals surface area (Å²) in [5, 5.41) is 2.59. The molecule has 0 saturated carbocycles. The van der Waals surface area contributed by atoms with Gasteiger partial charge in [-0.1, -0.05) is 0 Å². The van der Waals surface area contributed by atoms with Crippen LogP contribution in [0, 0.1) is 0 Å². The summed E-state index contributed by atoms with van der Waals surface area (Å²) in [6.07, 6.45) is 1.91. The second kappa shape index (κ2) is 5.99. The van der Waals surface area contributed by atoms with Crippen molar-refractivity contribution >= 4 is 16.9 Å². The molecule has 2 unspecified atom stereocenters. The van der Waals surface area contributed by atoms with Crippen LogP contribution >= 0.6 is 0 Å². The highest BCUT2D eigenvalue weighted by Crippen LogP contribution is 1.92. The fraction of sp³-hybridized carbons (Fsp3) is 0.857. The molecule has 0 rings (SSSR count). The number of amides is 1. The molecule has 0 bridgehead atoms. The Kier molecular flexibility index (Phi) is 5.70. The maximum Gasteiger partial charge on any atom is 0.407 e. The SMILES string of the molecule is COC(=O)NC(C)CCS(C)=O. The zero-order valence-electron chi connectivity index (χ0n) is 7.62. The van der Waals surface area contributed by atoms with E-state index in [1.165, 1.54) is 7.11 Å². The van der Waals surface area contributed by atoms with Crippen LogP contribution in [0.2, 0.25) is 0 Å². The van der Waals surface area contributed by atoms with E-state index in [1.54, 1.807) is 6.26 Å². The van der Waals surface area contributed by atoms with E-state index < -0.39 is 16.9 Å². The molecular formula is C7H15NO3S. The molecule has 0 spiro atoms. The summed E-state index contributed by atoms with van der Waals surface area (Å²) in [5.74, 6) is 0.602. The minimum absolute atomic E-state index is 0.0151. The van der Waals surface area contributed by atoms with Gasteiger partial charge in [-0.15, -0.1) is 0 Å². The van der Waals surface area contributed by atoms with Gasteiger partial charge in [-0.25, -0.2) is 4.79 Å². The van der Waals surface area contributed by atoms with Gasteiger partial charge in [0.2, 0.25) is 0 Å². The molecular weight excluding hydrogens is 178 g/mol. The van der Waals surface area contributed by atoms with E-state index in [-0.39, 0.29) is 6.04 Å². The fourth-order valence-corrected chi connectivity index (χ4v) is 1.36. The molecule has 0 aliphatic rings. The van der Waals surface area contributed by atoms with Crippen molar-refractivity contribution in [2.24, 2.45) is 0 Å². The van der Waals surface area contributed by atoms with Gasteiger partial charge in [0.25, 0.3) is 0 Å². The maximum atomic E-state index is 10.7. The Labute approximate surface area is 75.1 Å². The van der Waals surface area contributed by atoms with Crippen molar-refractivity contribution in [2.45, 2.75) is 19.4 Å². The van der Waals surface area contributed by atoms with Crippen molar-refractivity contribution in [2.75, 3.05) is 19.1 Å². The number of methoxy groups -OCH3 is 1. The van der Waals surface area contributed by atoms with Crippen LogP contribution in [0.5, 0.6) is 0 Å². The molecule has 12 heavy (non-hydrogen) atoms. The molecule has 0 aromatic rings. The molecule has 0 aliphatic carbocycles. The lowest BCUT2D eigenvalue weighted by atomic mass is 10.3. The predicted octanol–water partition coefficient (Wildman–Crippen LogP) is 0.499. The van der Waals surface area contributed by atoms with Crippen molar-refractivity contribution < 1.29 is 13.7 Å². The summed E-state index contributed by atoms with van der Waals surface area (Å²) in [6.45, 7) is 1.85. The lowest BCUT2D eigenvalue weighted by Gasteiger charge is -2.11. The van der Waals surface area contributed by atoms with E-state index in [4.69, 9.17) is 0 Å². The minimum Gasteiger partial charge on any atom is -0.453 e. The third-order valence-corrected chi connectivity index (χ3v) is 2.20. The lowest BCUT2D eigenvalue weighted by Crippen LogP contribution is -2.33. The Morgan fingerprint density at radius 2 is 2.25 bits per heavy atom. The number of carbonyl (C=O) groups excluding carboxylic acids is 1. The van der Waals surface area contributed by atoms with E-state index in [0.717, 1.165) is 0 Å². The molecule has 2 atom stereocenters. The third kappa shape index (κ3) is 6.15. The van der Waals surface area contributed by atoms with Gasteiger partial charge in [0.1, 0.15) is 0 Å². The third-order valence-electron chi connectivity index (χ3n) is 1.39. The number of rotatable bonds is 4. The quantitative estimate of drug-likeness (QED) is 0.707. The smallest absolute Gasteiger partial charge is 0.407 e. The number of hydrogen-bond donors (Lipinski definition) is 1. The number of nitrogens with one attached hydrogen (secondary N) is 1. The van der Waals surface area contributed by atoms with Crippen molar-refractivity contribution in [3.63, 3.8) is 0 Å². The van der Waals surface area contributed by atoms with Crippen molar-refractivity contribution in [1.82, 2.24) is 5.32 Å². The zero-order valence-corrected chi connectivity index (χ0v) is 8.44. The normalized spacial score (nSPS) is 14.9. The van der Waals surface area contributed by atoms with Gasteiger partial charge in [-0.05, 0) is 13.3 Å². The second-order valence-corrected chi connectivity index (χ2v) is 4.16. The number of carbonyl (C=O) groups is 1. The van der Waals surface area contributed by atoms with Gasteiger partial charge in [0, 0.05) is 28.9 Å². The van der Waals surface area contributed by atoms with Crippen LogP contribution in [0.15, 0.2) is 0 Å². The number of ether oxygens (including phenoxy) is 1. The van der Waals surface area contributed by atoms with Crippen molar-refractivity contribution in [3.05, 3.63) is 0 Å². The Morgan fingerprint density at radius 1 is 1.67 bits per heavy atom. The van der Waals surface area contributed by atoms with Gasteiger partial charge in [0.05, 0.1) is 7.11 Å². The molecule has 1 N–H and O–H groups in total. The Bertz CT molecular complexity index is 172. The van der Waals surface area contributed by atoms with Crippen LogP contribution in [0.3, 0.4) is 0 Å². The first kappa shape index (κ1) is 11.4. The van der Waals surface area contributed by atoms with Gasteiger partial charge >= 0.3 is 6.09 Å². The monoisotopic (exact) mass is 193 g/mol. The first-order valence-electron chi connectivity index (χ1n) is 3.70. The minimum atomic E-state index is -0.795. The zero-order chi connectivity index (χ0) is 9.56. The first-order valence-corrected chi connectivity index (χ1v) is 5.43. The molecule has 0 saturated heterocycles. The molecule has 0 aliphatic heterocycles. The number of hydrogen-bond acceptors (Lipinski definition) is 3.